The first-order chi connectivity index (χ1) is 19.7. The molecule has 0 aliphatic carbocycles. The van der Waals surface area contributed by atoms with Crippen LogP contribution < -0.4 is 5.32 Å². The van der Waals surface area contributed by atoms with Crippen LogP contribution in [0.2, 0.25) is 6.04 Å². The maximum absolute atomic E-state index is 13.2. The zero-order valence-electron chi connectivity index (χ0n) is 25.1. The molecule has 13 heteroatoms. The Labute approximate surface area is 245 Å². The number of phenols is 1. The average molecular weight is 611 g/mol. The van der Waals surface area contributed by atoms with Gasteiger partial charge < -0.3 is 23.7 Å². The fourth-order valence-corrected chi connectivity index (χ4v) is 7.24. The number of halogens is 3. The van der Waals surface area contributed by atoms with E-state index in [1.165, 1.54) is 6.07 Å². The van der Waals surface area contributed by atoms with Gasteiger partial charge in [-0.2, -0.15) is 13.2 Å². The summed E-state index contributed by atoms with van der Waals surface area (Å²) in [6, 6.07) is 7.22. The number of hydrogen-bond donors (Lipinski definition) is 2. The summed E-state index contributed by atoms with van der Waals surface area (Å²) in [5.74, 6) is -0.210. The molecule has 1 heterocycles. The smallest absolute Gasteiger partial charge is 0.500 e. The fraction of sp³-hybridized carbons (Fsp3) is 0.552. The quantitative estimate of drug-likeness (QED) is 0.172. The van der Waals surface area contributed by atoms with Crippen molar-refractivity contribution in [2.75, 3.05) is 26.4 Å². The van der Waals surface area contributed by atoms with Crippen molar-refractivity contribution in [1.29, 1.82) is 0 Å². The van der Waals surface area contributed by atoms with Crippen LogP contribution in [0.25, 0.3) is 16.7 Å². The van der Waals surface area contributed by atoms with Gasteiger partial charge in [0.2, 0.25) is 5.91 Å². The van der Waals surface area contributed by atoms with Crippen LogP contribution in [0.15, 0.2) is 30.3 Å². The zero-order valence-corrected chi connectivity index (χ0v) is 26.1. The second kappa shape index (κ2) is 14.0. The van der Waals surface area contributed by atoms with Crippen LogP contribution in [0.3, 0.4) is 0 Å². The molecule has 9 nitrogen and oxygen atoms in total. The highest BCUT2D eigenvalue weighted by molar-refractivity contribution is 6.60. The van der Waals surface area contributed by atoms with E-state index in [1.807, 2.05) is 47.6 Å². The van der Waals surface area contributed by atoms with Gasteiger partial charge in [0.25, 0.3) is 0 Å². The molecule has 3 rings (SSSR count). The van der Waals surface area contributed by atoms with Crippen LogP contribution in [0.5, 0.6) is 5.75 Å². The number of rotatable bonds is 14. The van der Waals surface area contributed by atoms with Crippen LogP contribution in [0, 0.1) is 0 Å². The molecule has 0 fully saturated rings. The van der Waals surface area contributed by atoms with Crippen molar-refractivity contribution in [3.8, 4) is 11.4 Å². The van der Waals surface area contributed by atoms with E-state index in [4.69, 9.17) is 13.3 Å². The minimum atomic E-state index is -4.51. The molecular formula is C29H41F3N4O5Si. The summed E-state index contributed by atoms with van der Waals surface area (Å²) in [7, 11) is -2.78. The second-order valence-corrected chi connectivity index (χ2v) is 13.6. The summed E-state index contributed by atoms with van der Waals surface area (Å²) >= 11 is 0. The van der Waals surface area contributed by atoms with Gasteiger partial charge in [-0.15, -0.1) is 15.0 Å². The van der Waals surface area contributed by atoms with Gasteiger partial charge in [0.15, 0.2) is 0 Å². The Morgan fingerprint density at radius 1 is 0.976 bits per heavy atom. The molecule has 0 radical (unpaired) electrons. The molecular weight excluding hydrogens is 569 g/mol. The lowest BCUT2D eigenvalue weighted by Crippen LogP contribution is -2.46. The topological polar surface area (TPSA) is 108 Å². The van der Waals surface area contributed by atoms with E-state index >= 15 is 0 Å². The number of aryl methyl sites for hydroxylation is 1. The Kier molecular flexibility index (Phi) is 11.1. The van der Waals surface area contributed by atoms with Crippen molar-refractivity contribution in [3.05, 3.63) is 47.0 Å². The second-order valence-electron chi connectivity index (χ2n) is 10.9. The van der Waals surface area contributed by atoms with Gasteiger partial charge in [0.1, 0.15) is 22.5 Å². The molecule has 0 atom stereocenters. The van der Waals surface area contributed by atoms with Crippen molar-refractivity contribution in [2.45, 2.75) is 78.4 Å². The van der Waals surface area contributed by atoms with Crippen LogP contribution in [-0.2, 0) is 36.1 Å². The Bertz CT molecular complexity index is 1340. The minimum absolute atomic E-state index is 0.0522. The van der Waals surface area contributed by atoms with Crippen molar-refractivity contribution < 1.29 is 36.4 Å². The highest BCUT2D eigenvalue weighted by Gasteiger charge is 2.39. The van der Waals surface area contributed by atoms with E-state index in [0.717, 1.165) is 22.5 Å². The molecule has 0 saturated heterocycles. The van der Waals surface area contributed by atoms with Gasteiger partial charge in [-0.1, -0.05) is 26.8 Å². The third kappa shape index (κ3) is 8.52. The Balaban J connectivity index is 1.74. The Hall–Kier alpha value is -3.00. The summed E-state index contributed by atoms with van der Waals surface area (Å²) in [4.78, 5) is 13.8. The van der Waals surface area contributed by atoms with E-state index in [2.05, 4.69) is 15.5 Å². The number of fused-ring (bicyclic) bond motifs is 1. The van der Waals surface area contributed by atoms with Crippen molar-refractivity contribution in [3.63, 3.8) is 0 Å². The summed E-state index contributed by atoms with van der Waals surface area (Å²) in [6.07, 6.45) is -3.30. The van der Waals surface area contributed by atoms with E-state index in [-0.39, 0.29) is 34.8 Å². The van der Waals surface area contributed by atoms with E-state index in [0.29, 0.717) is 50.8 Å². The first-order valence-corrected chi connectivity index (χ1v) is 16.2. The molecule has 2 aromatic carbocycles. The van der Waals surface area contributed by atoms with Crippen molar-refractivity contribution in [1.82, 2.24) is 20.3 Å². The van der Waals surface area contributed by atoms with E-state index < -0.39 is 26.0 Å². The van der Waals surface area contributed by atoms with Gasteiger partial charge in [0, 0.05) is 44.4 Å². The first kappa shape index (κ1) is 33.5. The normalized spacial score (nSPS) is 12.7. The van der Waals surface area contributed by atoms with E-state index in [9.17, 15) is 23.1 Å². The number of carbonyl (C=O) groups excluding carboxylic acids is 1. The van der Waals surface area contributed by atoms with Gasteiger partial charge in [-0.25, -0.2) is 0 Å². The lowest BCUT2D eigenvalue weighted by Gasteiger charge is -2.28. The molecule has 0 unspecified atom stereocenters. The number of alkyl halides is 3. The van der Waals surface area contributed by atoms with Crippen LogP contribution in [0.1, 0.15) is 71.1 Å². The number of amides is 1. The lowest BCUT2D eigenvalue weighted by atomic mass is 9.84. The maximum Gasteiger partial charge on any atom is 0.500 e. The number of nitrogens with zero attached hydrogens (tertiary/aromatic N) is 3. The number of benzene rings is 2. The van der Waals surface area contributed by atoms with Gasteiger partial charge in [-0.05, 0) is 68.9 Å². The molecule has 0 bridgehead atoms. The number of aromatic nitrogens is 3. The van der Waals surface area contributed by atoms with Crippen LogP contribution >= 0.6 is 0 Å². The zero-order chi connectivity index (χ0) is 31.1. The van der Waals surface area contributed by atoms with Gasteiger partial charge in [0.05, 0.1) is 5.56 Å². The Morgan fingerprint density at radius 2 is 1.60 bits per heavy atom. The highest BCUT2D eigenvalue weighted by atomic mass is 28.4. The third-order valence-corrected chi connectivity index (χ3v) is 9.75. The SMILES string of the molecule is CCO[Si](CCCNC(=O)CCc1cc(-n2nc3ccc(C(F)(F)F)cc3n2)c(O)c(C(C)(C)C)c1)(OCC)OCC. The molecule has 1 aromatic heterocycles. The maximum atomic E-state index is 13.2. The molecule has 0 aliphatic rings. The van der Waals surface area contributed by atoms with Gasteiger partial charge >= 0.3 is 15.0 Å². The standard InChI is InChI=1S/C29H41F3N4O5Si/c1-7-39-42(40-8-2,41-9-3)16-10-15-33-26(37)14-11-20-17-22(28(4,5)6)27(38)25(18-20)36-34-23-13-12-21(29(30,31)32)19-24(23)35-36/h12-13,17-19,38H,7-11,14-16H2,1-6H3,(H,33,37). The number of carbonyl (C=O) groups is 1. The minimum Gasteiger partial charge on any atom is -0.505 e. The molecule has 2 N–H and O–H groups in total. The average Bonchev–Trinajstić information content (AvgIpc) is 3.33. The number of aromatic hydroxyl groups is 1. The summed E-state index contributed by atoms with van der Waals surface area (Å²) in [6.45, 7) is 13.4. The highest BCUT2D eigenvalue weighted by Crippen LogP contribution is 2.37. The number of nitrogens with one attached hydrogen (secondary N) is 1. The lowest BCUT2D eigenvalue weighted by molar-refractivity contribution is -0.137. The largest absolute Gasteiger partial charge is 0.505 e. The van der Waals surface area contributed by atoms with Crippen LogP contribution in [0.4, 0.5) is 13.2 Å². The molecule has 0 saturated carbocycles. The molecule has 3 aromatic rings. The van der Waals surface area contributed by atoms with Crippen LogP contribution in [-0.4, -0.2) is 61.2 Å². The van der Waals surface area contributed by atoms with Crippen molar-refractivity contribution in [2.24, 2.45) is 0 Å². The number of hydrogen-bond acceptors (Lipinski definition) is 7. The van der Waals surface area contributed by atoms with Gasteiger partial charge in [-0.3, -0.25) is 4.79 Å². The molecule has 0 spiro atoms. The number of phenolic OH excluding ortho intramolecular Hbond substituents is 1. The molecule has 232 valence electrons. The molecule has 0 aliphatic heterocycles. The summed E-state index contributed by atoms with van der Waals surface area (Å²) in [5.41, 5.74) is 0.610. The fourth-order valence-electron chi connectivity index (χ4n) is 4.62. The van der Waals surface area contributed by atoms with E-state index in [1.54, 1.807) is 6.07 Å². The Morgan fingerprint density at radius 3 is 2.17 bits per heavy atom. The first-order valence-electron chi connectivity index (χ1n) is 14.2. The predicted molar refractivity (Wildman–Crippen MR) is 156 cm³/mol. The molecule has 1 amide bonds. The molecule has 42 heavy (non-hydrogen) atoms. The van der Waals surface area contributed by atoms with Crippen molar-refractivity contribution >= 4 is 25.7 Å². The predicted octanol–water partition coefficient (Wildman–Crippen LogP) is 5.93. The monoisotopic (exact) mass is 610 g/mol. The summed E-state index contributed by atoms with van der Waals surface area (Å²) < 4.78 is 57.2. The summed E-state index contributed by atoms with van der Waals surface area (Å²) in [5, 5.41) is 22.6. The third-order valence-electron chi connectivity index (χ3n) is 6.60.